The molecule has 0 fully saturated rings. The molecule has 0 saturated carbocycles. The van der Waals surface area contributed by atoms with Gasteiger partial charge in [-0.2, -0.15) is 27.1 Å². The minimum Gasteiger partial charge on any atom is -0.452 e. The summed E-state index contributed by atoms with van der Waals surface area (Å²) >= 11 is 5.72. The van der Waals surface area contributed by atoms with Gasteiger partial charge in [0.05, 0.1) is 11.2 Å². The van der Waals surface area contributed by atoms with E-state index in [1.165, 1.54) is 6.92 Å². The standard InChI is InChI=1S/C16H13ClF6N6O2/c1-15(4-8(16(21,22)23)31-14(24)27-15)11-7(18)2-3-9(25-11)26-12(30)10-6(17)5-29(28-10)13(19)20/h2-3,5,8,13H,4H2,1H3,(H2,24,27)(H,25,26,30)/t8-,15-/m0/s1. The molecule has 0 aliphatic carbocycles. The number of hydrogen-bond acceptors (Lipinski definition) is 6. The van der Waals surface area contributed by atoms with Gasteiger partial charge in [0.1, 0.15) is 22.9 Å². The van der Waals surface area contributed by atoms with Gasteiger partial charge in [0.15, 0.2) is 11.8 Å². The van der Waals surface area contributed by atoms with Crippen LogP contribution in [-0.4, -0.2) is 39.0 Å². The minimum atomic E-state index is -4.80. The Hall–Kier alpha value is -3.03. The third-order valence-corrected chi connectivity index (χ3v) is 4.54. The van der Waals surface area contributed by atoms with Crippen LogP contribution in [0.2, 0.25) is 5.02 Å². The number of alkyl halides is 5. The van der Waals surface area contributed by atoms with E-state index in [1.54, 1.807) is 0 Å². The zero-order chi connectivity index (χ0) is 23.1. The maximum Gasteiger partial charge on any atom is 0.425 e. The number of nitrogens with one attached hydrogen (secondary N) is 1. The van der Waals surface area contributed by atoms with Gasteiger partial charge >= 0.3 is 12.7 Å². The van der Waals surface area contributed by atoms with Crippen molar-refractivity contribution in [3.05, 3.63) is 40.6 Å². The van der Waals surface area contributed by atoms with Gasteiger partial charge in [0.25, 0.3) is 11.9 Å². The van der Waals surface area contributed by atoms with Gasteiger partial charge in [-0.05, 0) is 19.1 Å². The van der Waals surface area contributed by atoms with Crippen LogP contribution in [0.15, 0.2) is 23.3 Å². The van der Waals surface area contributed by atoms with Crippen molar-refractivity contribution in [2.45, 2.75) is 37.7 Å². The highest BCUT2D eigenvalue weighted by atomic mass is 35.5. The second-order valence-corrected chi connectivity index (χ2v) is 7.05. The molecule has 15 heteroatoms. The Kier molecular flexibility index (Phi) is 5.78. The Bertz CT molecular complexity index is 1040. The third-order valence-electron chi connectivity index (χ3n) is 4.27. The third kappa shape index (κ3) is 4.68. The van der Waals surface area contributed by atoms with Crippen molar-refractivity contribution in [3.63, 3.8) is 0 Å². The molecule has 168 valence electrons. The monoisotopic (exact) mass is 470 g/mol. The van der Waals surface area contributed by atoms with Crippen molar-refractivity contribution >= 4 is 29.3 Å². The second kappa shape index (κ2) is 7.90. The van der Waals surface area contributed by atoms with E-state index in [9.17, 15) is 31.1 Å². The van der Waals surface area contributed by atoms with Crippen LogP contribution in [0.3, 0.4) is 0 Å². The molecule has 0 aromatic carbocycles. The topological polar surface area (TPSA) is 107 Å². The van der Waals surface area contributed by atoms with Crippen molar-refractivity contribution in [1.82, 2.24) is 14.8 Å². The average molecular weight is 471 g/mol. The summed E-state index contributed by atoms with van der Waals surface area (Å²) in [5.41, 5.74) is 2.36. The highest BCUT2D eigenvalue weighted by molar-refractivity contribution is 6.34. The fraction of sp³-hybridized carbons (Fsp3) is 0.375. The van der Waals surface area contributed by atoms with E-state index in [1.807, 2.05) is 0 Å². The van der Waals surface area contributed by atoms with Crippen molar-refractivity contribution < 1.29 is 35.9 Å². The predicted octanol–water partition coefficient (Wildman–Crippen LogP) is 3.60. The van der Waals surface area contributed by atoms with Crippen LogP contribution in [0.4, 0.5) is 32.2 Å². The summed E-state index contributed by atoms with van der Waals surface area (Å²) in [6.45, 7) is -1.88. The zero-order valence-electron chi connectivity index (χ0n) is 15.4. The number of pyridine rings is 1. The molecule has 1 aliphatic heterocycles. The number of amides is 1. The molecule has 2 aromatic heterocycles. The molecule has 0 bridgehead atoms. The van der Waals surface area contributed by atoms with E-state index < -0.39 is 59.9 Å². The number of anilines is 1. The van der Waals surface area contributed by atoms with Crippen LogP contribution in [-0.2, 0) is 10.3 Å². The van der Waals surface area contributed by atoms with Crippen LogP contribution in [0.25, 0.3) is 0 Å². The predicted molar refractivity (Wildman–Crippen MR) is 95.2 cm³/mol. The normalized spacial score (nSPS) is 21.6. The highest BCUT2D eigenvalue weighted by Gasteiger charge is 2.50. The fourth-order valence-corrected chi connectivity index (χ4v) is 3.11. The SMILES string of the molecule is C[C@@]1(c2nc(NC(=O)c3nn(C(F)F)cc3Cl)ccc2F)C[C@@H](C(F)(F)F)OC(N)=N1. The van der Waals surface area contributed by atoms with Gasteiger partial charge in [-0.3, -0.25) is 4.79 Å². The Morgan fingerprint density at radius 2 is 2.10 bits per heavy atom. The minimum absolute atomic E-state index is 0.151. The first-order valence-corrected chi connectivity index (χ1v) is 8.78. The lowest BCUT2D eigenvalue weighted by atomic mass is 9.89. The summed E-state index contributed by atoms with van der Waals surface area (Å²) in [7, 11) is 0. The Morgan fingerprint density at radius 3 is 2.68 bits per heavy atom. The van der Waals surface area contributed by atoms with E-state index in [0.717, 1.165) is 18.3 Å². The zero-order valence-corrected chi connectivity index (χ0v) is 16.2. The van der Waals surface area contributed by atoms with E-state index >= 15 is 0 Å². The number of halogens is 7. The molecular formula is C16H13ClF6N6O2. The number of aromatic nitrogens is 3. The molecule has 1 aliphatic rings. The number of ether oxygens (including phenoxy) is 1. The first kappa shape index (κ1) is 22.7. The highest BCUT2D eigenvalue weighted by Crippen LogP contribution is 2.40. The van der Waals surface area contributed by atoms with Crippen LogP contribution < -0.4 is 11.1 Å². The summed E-state index contributed by atoms with van der Waals surface area (Å²) < 4.78 is 83.8. The van der Waals surface area contributed by atoms with Gasteiger partial charge in [-0.1, -0.05) is 11.6 Å². The van der Waals surface area contributed by atoms with Crippen LogP contribution in [0.5, 0.6) is 0 Å². The first-order valence-electron chi connectivity index (χ1n) is 8.40. The van der Waals surface area contributed by atoms with E-state index in [2.05, 4.69) is 25.1 Å². The summed E-state index contributed by atoms with van der Waals surface area (Å²) in [5.74, 6) is -2.38. The molecule has 0 radical (unpaired) electrons. The largest absolute Gasteiger partial charge is 0.452 e. The van der Waals surface area contributed by atoms with Gasteiger partial charge in [-0.25, -0.2) is 19.0 Å². The van der Waals surface area contributed by atoms with E-state index in [-0.39, 0.29) is 15.5 Å². The lowest BCUT2D eigenvalue weighted by Gasteiger charge is -2.35. The summed E-state index contributed by atoms with van der Waals surface area (Å²) in [5, 5.41) is 5.12. The molecule has 0 unspecified atom stereocenters. The van der Waals surface area contributed by atoms with E-state index in [0.29, 0.717) is 0 Å². The molecular weight excluding hydrogens is 458 g/mol. The molecule has 2 atom stereocenters. The van der Waals surface area contributed by atoms with Crippen molar-refractivity contribution in [2.75, 3.05) is 5.32 Å². The molecule has 1 amide bonds. The Balaban J connectivity index is 1.92. The number of aliphatic imine (C=N–C) groups is 1. The molecule has 3 heterocycles. The van der Waals surface area contributed by atoms with Gasteiger partial charge in [-0.15, -0.1) is 0 Å². The Morgan fingerprint density at radius 1 is 1.42 bits per heavy atom. The van der Waals surface area contributed by atoms with E-state index in [4.69, 9.17) is 17.3 Å². The average Bonchev–Trinajstić information content (AvgIpc) is 3.04. The smallest absolute Gasteiger partial charge is 0.425 e. The Labute approximate surface area is 175 Å². The van der Waals surface area contributed by atoms with Crippen LogP contribution in [0.1, 0.15) is 36.1 Å². The molecule has 2 aromatic rings. The second-order valence-electron chi connectivity index (χ2n) is 6.64. The lowest BCUT2D eigenvalue weighted by molar-refractivity contribution is -0.208. The molecule has 3 N–H and O–H groups in total. The number of amidine groups is 1. The number of nitrogens with zero attached hydrogens (tertiary/aromatic N) is 4. The quantitative estimate of drug-likeness (QED) is 0.664. The molecule has 0 saturated heterocycles. The molecule has 8 nitrogen and oxygen atoms in total. The van der Waals surface area contributed by atoms with Crippen molar-refractivity contribution in [3.8, 4) is 0 Å². The number of carbonyl (C=O) groups excluding carboxylic acids is 1. The molecule has 3 rings (SSSR count). The summed E-state index contributed by atoms with van der Waals surface area (Å²) in [6.07, 6.45) is -7.26. The van der Waals surface area contributed by atoms with Crippen LogP contribution >= 0.6 is 11.6 Å². The number of rotatable bonds is 4. The molecule has 31 heavy (non-hydrogen) atoms. The number of hydrogen-bond donors (Lipinski definition) is 2. The number of nitrogens with two attached hydrogens (primary N) is 1. The van der Waals surface area contributed by atoms with Crippen molar-refractivity contribution in [2.24, 2.45) is 10.7 Å². The van der Waals surface area contributed by atoms with Crippen LogP contribution in [0, 0.1) is 5.82 Å². The fourth-order valence-electron chi connectivity index (χ4n) is 2.88. The maximum atomic E-state index is 14.4. The summed E-state index contributed by atoms with van der Waals surface area (Å²) in [4.78, 5) is 19.9. The molecule has 0 spiro atoms. The first-order chi connectivity index (χ1) is 14.3. The summed E-state index contributed by atoms with van der Waals surface area (Å²) in [6, 6.07) is 1.04. The maximum absolute atomic E-state index is 14.4. The van der Waals surface area contributed by atoms with Gasteiger partial charge in [0, 0.05) is 6.42 Å². The number of carbonyl (C=O) groups is 1. The van der Waals surface area contributed by atoms with Crippen molar-refractivity contribution in [1.29, 1.82) is 0 Å². The lowest BCUT2D eigenvalue weighted by Crippen LogP contribution is -2.46. The van der Waals surface area contributed by atoms with Gasteiger partial charge in [0.2, 0.25) is 0 Å². The van der Waals surface area contributed by atoms with Gasteiger partial charge < -0.3 is 15.8 Å².